The predicted molar refractivity (Wildman–Crippen MR) is 117 cm³/mol. The maximum Gasteiger partial charge on any atom is 0.264 e. The molecule has 2 aromatic heterocycles. The van der Waals surface area contributed by atoms with Crippen molar-refractivity contribution in [1.82, 2.24) is 15.2 Å². The van der Waals surface area contributed by atoms with Crippen molar-refractivity contribution in [2.24, 2.45) is 0 Å². The number of amides is 2. The van der Waals surface area contributed by atoms with E-state index in [4.69, 9.17) is 16.3 Å². The van der Waals surface area contributed by atoms with Crippen LogP contribution < -0.4 is 10.1 Å². The molecule has 31 heavy (non-hydrogen) atoms. The molecule has 0 spiro atoms. The van der Waals surface area contributed by atoms with Crippen LogP contribution in [0.25, 0.3) is 10.2 Å². The first-order chi connectivity index (χ1) is 14.9. The summed E-state index contributed by atoms with van der Waals surface area (Å²) < 4.78 is 6.67. The van der Waals surface area contributed by atoms with Crippen molar-refractivity contribution in [2.75, 3.05) is 20.1 Å². The lowest BCUT2D eigenvalue weighted by atomic mass is 10.1. The Bertz CT molecular complexity index is 1150. The second-order valence-electron chi connectivity index (χ2n) is 7.13. The summed E-state index contributed by atoms with van der Waals surface area (Å²) in [5.41, 5.74) is 0.897. The van der Waals surface area contributed by atoms with Gasteiger partial charge >= 0.3 is 0 Å². The van der Waals surface area contributed by atoms with Crippen molar-refractivity contribution in [3.8, 4) is 11.5 Å². The zero-order valence-electron chi connectivity index (χ0n) is 16.5. The molecular weight excluding hydrogens is 442 g/mol. The van der Waals surface area contributed by atoms with Crippen LogP contribution in [0.15, 0.2) is 36.5 Å². The van der Waals surface area contributed by atoms with Crippen LogP contribution in [0, 0.1) is 0 Å². The van der Waals surface area contributed by atoms with E-state index in [9.17, 15) is 19.8 Å². The number of thiophene rings is 1. The van der Waals surface area contributed by atoms with Crippen molar-refractivity contribution in [3.05, 3.63) is 52.0 Å². The third-order valence-corrected chi connectivity index (χ3v) is 6.48. The molecule has 3 aromatic rings. The molecule has 3 heterocycles. The number of rotatable bonds is 5. The number of aliphatic hydroxyl groups is 2. The normalized spacial score (nSPS) is 17.0. The molecule has 1 fully saturated rings. The maximum absolute atomic E-state index is 12.7. The Kier molecular flexibility index (Phi) is 6.10. The highest BCUT2D eigenvalue weighted by Gasteiger charge is 2.27. The second kappa shape index (κ2) is 8.80. The highest BCUT2D eigenvalue weighted by Crippen LogP contribution is 2.37. The molecule has 2 atom stereocenters. The van der Waals surface area contributed by atoms with Gasteiger partial charge in [0, 0.05) is 38.0 Å². The number of β-amino-alcohol motifs (C(OH)–C–C–N with tert-alkyl or cyclic N) is 1. The zero-order valence-corrected chi connectivity index (χ0v) is 18.1. The molecule has 3 N–H and O–H groups in total. The third kappa shape index (κ3) is 4.35. The molecule has 1 unspecified atom stereocenters. The number of fused-ring (bicyclic) bond motifs is 1. The number of halogens is 1. The second-order valence-corrected chi connectivity index (χ2v) is 8.59. The van der Waals surface area contributed by atoms with Gasteiger partial charge in [-0.2, -0.15) is 0 Å². The Labute approximate surface area is 187 Å². The molecule has 1 aliphatic rings. The third-order valence-electron chi connectivity index (χ3n) is 5.03. The van der Waals surface area contributed by atoms with Gasteiger partial charge in [-0.15, -0.1) is 11.3 Å². The number of hydrogen-bond acceptors (Lipinski definition) is 7. The van der Waals surface area contributed by atoms with Gasteiger partial charge in [-0.05, 0) is 24.6 Å². The Hall–Kier alpha value is -2.72. The topological polar surface area (TPSA) is 112 Å². The quantitative estimate of drug-likeness (QED) is 0.538. The number of carbonyl (C=O) groups excluding carboxylic acids is 2. The maximum atomic E-state index is 12.7. The lowest BCUT2D eigenvalue weighted by Gasteiger charge is -2.13. The van der Waals surface area contributed by atoms with E-state index in [0.717, 1.165) is 0 Å². The van der Waals surface area contributed by atoms with Gasteiger partial charge in [-0.25, -0.2) is 0 Å². The Balaban J connectivity index is 1.59. The molecule has 1 aromatic carbocycles. The van der Waals surface area contributed by atoms with Crippen LogP contribution >= 0.6 is 22.9 Å². The molecule has 0 aliphatic carbocycles. The first-order valence-electron chi connectivity index (χ1n) is 9.60. The van der Waals surface area contributed by atoms with Crippen LogP contribution in [0.3, 0.4) is 0 Å². The average molecular weight is 462 g/mol. The summed E-state index contributed by atoms with van der Waals surface area (Å²) in [6.45, 7) is 0.856. The fraction of sp³-hybridized carbons (Fsp3) is 0.286. The Morgan fingerprint density at radius 3 is 2.84 bits per heavy atom. The lowest BCUT2D eigenvalue weighted by Crippen LogP contribution is -2.28. The minimum absolute atomic E-state index is 0.138. The molecule has 0 saturated carbocycles. The first kappa shape index (κ1) is 21.5. The van der Waals surface area contributed by atoms with E-state index < -0.39 is 18.1 Å². The van der Waals surface area contributed by atoms with Crippen LogP contribution in [-0.2, 0) is 4.79 Å². The van der Waals surface area contributed by atoms with Crippen LogP contribution in [0.5, 0.6) is 11.5 Å². The van der Waals surface area contributed by atoms with E-state index in [0.29, 0.717) is 46.1 Å². The van der Waals surface area contributed by atoms with Gasteiger partial charge in [0.15, 0.2) is 6.10 Å². The molecule has 162 valence electrons. The number of hydrogen-bond donors (Lipinski definition) is 3. The van der Waals surface area contributed by atoms with Gasteiger partial charge in [-0.1, -0.05) is 17.7 Å². The van der Waals surface area contributed by atoms with Crippen molar-refractivity contribution in [3.63, 3.8) is 0 Å². The number of likely N-dealkylation sites (tertiary alicyclic amines) is 1. The molecule has 0 bridgehead atoms. The fourth-order valence-electron chi connectivity index (χ4n) is 3.38. The number of aromatic nitrogens is 1. The smallest absolute Gasteiger partial charge is 0.264 e. The summed E-state index contributed by atoms with van der Waals surface area (Å²) in [6.07, 6.45) is 0.303. The van der Waals surface area contributed by atoms with E-state index >= 15 is 0 Å². The van der Waals surface area contributed by atoms with E-state index in [1.807, 2.05) is 0 Å². The van der Waals surface area contributed by atoms with Crippen LogP contribution in [-0.4, -0.2) is 58.2 Å². The minimum Gasteiger partial charge on any atom is -0.456 e. The molecule has 4 rings (SSSR count). The number of likely N-dealkylation sites (N-methyl/N-ethyl adjacent to an activating group) is 1. The van der Waals surface area contributed by atoms with E-state index in [1.165, 1.54) is 30.5 Å². The first-order valence-corrected chi connectivity index (χ1v) is 10.8. The number of aliphatic hydroxyl groups excluding tert-OH is 2. The van der Waals surface area contributed by atoms with Gasteiger partial charge in [0.2, 0.25) is 0 Å². The molecule has 2 amide bonds. The van der Waals surface area contributed by atoms with E-state index in [2.05, 4.69) is 10.3 Å². The van der Waals surface area contributed by atoms with E-state index in [1.54, 1.807) is 29.3 Å². The number of pyridine rings is 1. The fourth-order valence-corrected chi connectivity index (χ4v) is 4.69. The zero-order chi connectivity index (χ0) is 22.1. The molecule has 0 radical (unpaired) electrons. The lowest BCUT2D eigenvalue weighted by molar-refractivity contribution is -0.129. The molecule has 8 nitrogen and oxygen atoms in total. The van der Waals surface area contributed by atoms with Crippen molar-refractivity contribution < 1.29 is 24.5 Å². The van der Waals surface area contributed by atoms with Crippen molar-refractivity contribution >= 4 is 45.0 Å². The van der Waals surface area contributed by atoms with Crippen LogP contribution in [0.4, 0.5) is 0 Å². The minimum atomic E-state index is -1.38. The van der Waals surface area contributed by atoms with Gasteiger partial charge in [0.25, 0.3) is 11.8 Å². The SMILES string of the molecule is CNC(=O)C(O)c1ccc(Oc2ccnc3cc(C(=O)N4CC[C@@H](O)C4)sc23)cc1Cl. The van der Waals surface area contributed by atoms with Crippen LogP contribution in [0.2, 0.25) is 5.02 Å². The number of nitrogens with one attached hydrogen (secondary N) is 1. The largest absolute Gasteiger partial charge is 0.456 e. The van der Waals surface area contributed by atoms with Gasteiger partial charge in [-0.3, -0.25) is 14.6 Å². The van der Waals surface area contributed by atoms with Gasteiger partial charge < -0.3 is 25.2 Å². The number of ether oxygens (including phenoxy) is 1. The highest BCUT2D eigenvalue weighted by atomic mass is 35.5. The Morgan fingerprint density at radius 1 is 1.35 bits per heavy atom. The summed E-state index contributed by atoms with van der Waals surface area (Å²) in [5.74, 6) is 0.217. The van der Waals surface area contributed by atoms with E-state index in [-0.39, 0.29) is 16.5 Å². The Morgan fingerprint density at radius 2 is 2.16 bits per heavy atom. The summed E-state index contributed by atoms with van der Waals surface area (Å²) in [7, 11) is 1.43. The summed E-state index contributed by atoms with van der Waals surface area (Å²) in [5, 5.41) is 22.3. The van der Waals surface area contributed by atoms with Gasteiger partial charge in [0.1, 0.15) is 11.5 Å². The molecule has 1 saturated heterocycles. The molecule has 10 heteroatoms. The molecule has 1 aliphatic heterocycles. The number of benzene rings is 1. The van der Waals surface area contributed by atoms with Gasteiger partial charge in [0.05, 0.1) is 26.2 Å². The summed E-state index contributed by atoms with van der Waals surface area (Å²) >= 11 is 7.51. The number of carbonyl (C=O) groups is 2. The highest BCUT2D eigenvalue weighted by molar-refractivity contribution is 7.21. The average Bonchev–Trinajstić information content (AvgIpc) is 3.39. The standard InChI is InChI=1S/C21H20ClN3O5S/c1-23-20(28)18(27)13-3-2-12(8-14(13)22)30-16-4-6-24-15-9-17(31-19(15)16)21(29)25-7-5-11(26)10-25/h2-4,6,8-9,11,18,26-27H,5,7,10H2,1H3,(H,23,28)/t11-,18?/m1/s1. The van der Waals surface area contributed by atoms with Crippen molar-refractivity contribution in [2.45, 2.75) is 18.6 Å². The summed E-state index contributed by atoms with van der Waals surface area (Å²) in [4.78, 5) is 30.9. The van der Waals surface area contributed by atoms with Crippen molar-refractivity contribution in [1.29, 1.82) is 0 Å². The molecular formula is C21H20ClN3O5S. The van der Waals surface area contributed by atoms with Crippen LogP contribution in [0.1, 0.15) is 27.8 Å². The summed E-state index contributed by atoms with van der Waals surface area (Å²) in [6, 6.07) is 8.05. The monoisotopic (exact) mass is 461 g/mol. The predicted octanol–water partition coefficient (Wildman–Crippen LogP) is 2.73. The number of nitrogens with zero attached hydrogens (tertiary/aromatic N) is 2.